The first-order valence-electron chi connectivity index (χ1n) is 11.0. The monoisotopic (exact) mass is 322 g/mol. The highest BCUT2D eigenvalue weighted by molar-refractivity contribution is 4.97. The zero-order chi connectivity index (χ0) is 17.0. The summed E-state index contributed by atoms with van der Waals surface area (Å²) < 4.78 is 0. The van der Waals surface area contributed by atoms with Crippen molar-refractivity contribution in [1.29, 1.82) is 0 Å². The molecule has 0 nitrogen and oxygen atoms in total. The Hall–Kier alpha value is -0.260. The summed E-state index contributed by atoms with van der Waals surface area (Å²) in [7, 11) is 0. The van der Waals surface area contributed by atoms with Crippen LogP contribution in [0, 0.1) is 0 Å². The van der Waals surface area contributed by atoms with Crippen LogP contribution in [-0.2, 0) is 0 Å². The van der Waals surface area contributed by atoms with Crippen LogP contribution >= 0.6 is 0 Å². The maximum atomic E-state index is 2.49. The molecule has 0 aliphatic carbocycles. The van der Waals surface area contributed by atoms with Gasteiger partial charge in [-0.15, -0.1) is 0 Å². The normalized spacial score (nSPS) is 12.0. The first-order valence-corrected chi connectivity index (χ1v) is 11.0. The van der Waals surface area contributed by atoms with E-state index in [1.807, 2.05) is 0 Å². The Morgan fingerprint density at radius 2 is 0.913 bits per heavy atom. The Morgan fingerprint density at radius 3 is 1.39 bits per heavy atom. The Morgan fingerprint density at radius 1 is 0.522 bits per heavy atom. The topological polar surface area (TPSA) is 0 Å². The fourth-order valence-corrected chi connectivity index (χ4v) is 3.27. The van der Waals surface area contributed by atoms with E-state index in [9.17, 15) is 0 Å². The molecule has 0 fully saturated rings. The smallest absolute Gasteiger partial charge is 0.0323 e. The molecule has 0 aromatic rings. The van der Waals surface area contributed by atoms with Crippen molar-refractivity contribution in [2.75, 3.05) is 0 Å². The third kappa shape index (κ3) is 19.7. The molecule has 0 saturated carbocycles. The van der Waals surface area contributed by atoms with Gasteiger partial charge in [-0.3, -0.25) is 0 Å². The predicted molar refractivity (Wildman–Crippen MR) is 108 cm³/mol. The maximum absolute atomic E-state index is 2.49. The molecule has 0 atom stereocenters. The molecule has 0 N–H and O–H groups in total. The van der Waals surface area contributed by atoms with Gasteiger partial charge >= 0.3 is 0 Å². The first kappa shape index (κ1) is 22.7. The molecule has 23 heavy (non-hydrogen) atoms. The number of allylic oxidation sites excluding steroid dienone is 2. The fourth-order valence-electron chi connectivity index (χ4n) is 3.27. The molecule has 0 aliphatic heterocycles. The Kier molecular flexibility index (Phi) is 19.6. The van der Waals surface area contributed by atoms with E-state index in [1.54, 1.807) is 5.57 Å². The second-order valence-corrected chi connectivity index (χ2v) is 7.54. The molecule has 0 spiro atoms. The minimum absolute atomic E-state index is 1.32. The van der Waals surface area contributed by atoms with E-state index in [4.69, 9.17) is 0 Å². The molecule has 0 heteroatoms. The van der Waals surface area contributed by atoms with E-state index in [0.717, 1.165) is 0 Å². The maximum Gasteiger partial charge on any atom is -0.0323 e. The standard InChI is InChI=1S/C23H46/c1-4-6-8-9-10-11-12-13-14-15-16-17-18-20-22-23(3)21-19-7-5-2/h22H,4-21H2,1-3H3/b23-22-. The molecular formula is C23H46. The van der Waals surface area contributed by atoms with Crippen LogP contribution in [-0.4, -0.2) is 0 Å². The quantitative estimate of drug-likeness (QED) is 0.174. The Bertz CT molecular complexity index is 238. The van der Waals surface area contributed by atoms with Crippen molar-refractivity contribution in [3.8, 4) is 0 Å². The fraction of sp³-hybridized carbons (Fsp3) is 0.913. The second kappa shape index (κ2) is 19.8. The molecule has 138 valence electrons. The number of hydrogen-bond acceptors (Lipinski definition) is 0. The van der Waals surface area contributed by atoms with E-state index in [1.165, 1.54) is 116 Å². The summed E-state index contributed by atoms with van der Waals surface area (Å²) >= 11 is 0. The summed E-state index contributed by atoms with van der Waals surface area (Å²) in [5, 5.41) is 0. The van der Waals surface area contributed by atoms with Gasteiger partial charge in [-0.05, 0) is 32.6 Å². The van der Waals surface area contributed by atoms with Gasteiger partial charge in [-0.25, -0.2) is 0 Å². The van der Waals surface area contributed by atoms with Gasteiger partial charge in [-0.2, -0.15) is 0 Å². The molecule has 0 saturated heterocycles. The Labute approximate surface area is 148 Å². The summed E-state index contributed by atoms with van der Waals surface area (Å²) in [5.41, 5.74) is 1.62. The molecular weight excluding hydrogens is 276 g/mol. The van der Waals surface area contributed by atoms with Crippen molar-refractivity contribution >= 4 is 0 Å². The largest absolute Gasteiger partial charge is 0.0856 e. The highest BCUT2D eigenvalue weighted by atomic mass is 14.0. The molecule has 0 amide bonds. The summed E-state index contributed by atoms with van der Waals surface area (Å²) in [5.74, 6) is 0. The van der Waals surface area contributed by atoms with Crippen molar-refractivity contribution in [1.82, 2.24) is 0 Å². The van der Waals surface area contributed by atoms with Gasteiger partial charge in [0.1, 0.15) is 0 Å². The molecule has 0 aromatic carbocycles. The summed E-state index contributed by atoms with van der Waals surface area (Å²) in [6, 6.07) is 0. The van der Waals surface area contributed by atoms with Crippen molar-refractivity contribution < 1.29 is 0 Å². The van der Waals surface area contributed by atoms with Crippen molar-refractivity contribution in [2.24, 2.45) is 0 Å². The van der Waals surface area contributed by atoms with Gasteiger partial charge in [0.25, 0.3) is 0 Å². The molecule has 0 bridgehead atoms. The number of hydrogen-bond donors (Lipinski definition) is 0. The van der Waals surface area contributed by atoms with Crippen LogP contribution in [0.3, 0.4) is 0 Å². The minimum Gasteiger partial charge on any atom is -0.0856 e. The SMILES string of the molecule is CCCCCCCCCCCCCCC/C=C(/C)CCCCC. The highest BCUT2D eigenvalue weighted by Crippen LogP contribution is 2.14. The zero-order valence-electron chi connectivity index (χ0n) is 16.8. The third-order valence-electron chi connectivity index (χ3n) is 4.98. The van der Waals surface area contributed by atoms with E-state index >= 15 is 0 Å². The summed E-state index contributed by atoms with van der Waals surface area (Å²) in [6.45, 7) is 6.90. The van der Waals surface area contributed by atoms with Gasteiger partial charge in [0.05, 0.1) is 0 Å². The lowest BCUT2D eigenvalue weighted by Crippen LogP contribution is -1.83. The molecule has 0 radical (unpaired) electrons. The van der Waals surface area contributed by atoms with E-state index in [2.05, 4.69) is 26.8 Å². The van der Waals surface area contributed by atoms with Gasteiger partial charge in [0, 0.05) is 0 Å². The van der Waals surface area contributed by atoms with Crippen LogP contribution in [0.5, 0.6) is 0 Å². The van der Waals surface area contributed by atoms with Gasteiger partial charge < -0.3 is 0 Å². The van der Waals surface area contributed by atoms with Crippen molar-refractivity contribution in [3.05, 3.63) is 11.6 Å². The van der Waals surface area contributed by atoms with Crippen LogP contribution in [0.4, 0.5) is 0 Å². The van der Waals surface area contributed by atoms with E-state index in [0.29, 0.717) is 0 Å². The lowest BCUT2D eigenvalue weighted by molar-refractivity contribution is 0.540. The Balaban J connectivity index is 3.14. The lowest BCUT2D eigenvalue weighted by Gasteiger charge is -2.03. The second-order valence-electron chi connectivity index (χ2n) is 7.54. The molecule has 0 heterocycles. The minimum atomic E-state index is 1.32. The zero-order valence-corrected chi connectivity index (χ0v) is 16.8. The van der Waals surface area contributed by atoms with E-state index in [-0.39, 0.29) is 0 Å². The number of unbranched alkanes of at least 4 members (excludes halogenated alkanes) is 15. The number of rotatable bonds is 18. The highest BCUT2D eigenvalue weighted by Gasteiger charge is 1.94. The van der Waals surface area contributed by atoms with Crippen LogP contribution in [0.15, 0.2) is 11.6 Å². The lowest BCUT2D eigenvalue weighted by atomic mass is 10.0. The van der Waals surface area contributed by atoms with Gasteiger partial charge in [0.2, 0.25) is 0 Å². The molecule has 0 unspecified atom stereocenters. The predicted octanol–water partition coefficient (Wildman–Crippen LogP) is 8.99. The van der Waals surface area contributed by atoms with Gasteiger partial charge in [0.15, 0.2) is 0 Å². The average Bonchev–Trinajstić information content (AvgIpc) is 2.55. The first-order chi connectivity index (χ1) is 11.3. The molecule has 0 aliphatic rings. The third-order valence-corrected chi connectivity index (χ3v) is 4.98. The van der Waals surface area contributed by atoms with Crippen LogP contribution < -0.4 is 0 Å². The van der Waals surface area contributed by atoms with Crippen LogP contribution in [0.25, 0.3) is 0 Å². The van der Waals surface area contributed by atoms with Gasteiger partial charge in [-0.1, -0.05) is 115 Å². The molecule has 0 rings (SSSR count). The average molecular weight is 323 g/mol. The summed E-state index contributed by atoms with van der Waals surface area (Å²) in [4.78, 5) is 0. The van der Waals surface area contributed by atoms with Crippen LogP contribution in [0.2, 0.25) is 0 Å². The molecule has 0 aromatic heterocycles. The summed E-state index contributed by atoms with van der Waals surface area (Å²) in [6.07, 6.45) is 28.1. The van der Waals surface area contributed by atoms with Crippen LogP contribution in [0.1, 0.15) is 136 Å². The van der Waals surface area contributed by atoms with E-state index < -0.39 is 0 Å². The van der Waals surface area contributed by atoms with Crippen molar-refractivity contribution in [2.45, 2.75) is 136 Å². The van der Waals surface area contributed by atoms with Crippen molar-refractivity contribution in [3.63, 3.8) is 0 Å².